The highest BCUT2D eigenvalue weighted by Crippen LogP contribution is 2.33. The lowest BCUT2D eigenvalue weighted by molar-refractivity contribution is 0.320. The lowest BCUT2D eigenvalue weighted by Gasteiger charge is -2.11. The van der Waals surface area contributed by atoms with Crippen molar-refractivity contribution in [2.75, 3.05) is 17.1 Å². The number of anilines is 1. The van der Waals surface area contributed by atoms with Crippen LogP contribution in [0.5, 0.6) is 0 Å². The fourth-order valence-electron chi connectivity index (χ4n) is 1.08. The number of sulfonamides is 1. The Balaban J connectivity index is 3.11. The highest BCUT2D eigenvalue weighted by Gasteiger charge is 2.15. The summed E-state index contributed by atoms with van der Waals surface area (Å²) >= 11 is 11.8. The molecule has 0 aliphatic rings. The largest absolute Gasteiger partial charge is 0.395 e. The Morgan fingerprint density at radius 2 is 2.00 bits per heavy atom. The number of hydrogen-bond acceptors (Lipinski definition) is 3. The van der Waals surface area contributed by atoms with Crippen LogP contribution < -0.4 is 4.72 Å². The van der Waals surface area contributed by atoms with Crippen molar-refractivity contribution in [2.24, 2.45) is 0 Å². The molecule has 0 aliphatic carbocycles. The second kappa shape index (κ2) is 5.23. The molecule has 0 heterocycles. The van der Waals surface area contributed by atoms with Gasteiger partial charge in [0.05, 0.1) is 28.1 Å². The van der Waals surface area contributed by atoms with Crippen LogP contribution in [0.25, 0.3) is 0 Å². The Morgan fingerprint density at radius 3 is 2.56 bits per heavy atom. The van der Waals surface area contributed by atoms with Gasteiger partial charge in [0.15, 0.2) is 0 Å². The Bertz CT molecular complexity index is 488. The number of halogens is 2. The van der Waals surface area contributed by atoms with Crippen LogP contribution in [0.15, 0.2) is 12.1 Å². The normalized spacial score (nSPS) is 11.5. The van der Waals surface area contributed by atoms with Gasteiger partial charge in [0.1, 0.15) is 0 Å². The highest BCUT2D eigenvalue weighted by atomic mass is 35.5. The predicted molar refractivity (Wildman–Crippen MR) is 65.7 cm³/mol. The number of aliphatic hydroxyl groups excluding tert-OH is 1. The molecule has 1 aromatic carbocycles. The minimum Gasteiger partial charge on any atom is -0.395 e. The zero-order valence-electron chi connectivity index (χ0n) is 8.50. The first-order valence-electron chi connectivity index (χ1n) is 4.43. The quantitative estimate of drug-likeness (QED) is 0.889. The van der Waals surface area contributed by atoms with Gasteiger partial charge in [-0.3, -0.25) is 4.72 Å². The monoisotopic (exact) mass is 283 g/mol. The zero-order chi connectivity index (χ0) is 12.3. The van der Waals surface area contributed by atoms with Crippen molar-refractivity contribution < 1.29 is 13.5 Å². The molecule has 4 nitrogen and oxygen atoms in total. The molecule has 0 saturated heterocycles. The van der Waals surface area contributed by atoms with Crippen LogP contribution in [0.4, 0.5) is 5.69 Å². The number of hydrogen-bond donors (Lipinski definition) is 2. The van der Waals surface area contributed by atoms with Crippen molar-refractivity contribution in [1.82, 2.24) is 0 Å². The van der Waals surface area contributed by atoms with Gasteiger partial charge >= 0.3 is 0 Å². The third-order valence-corrected chi connectivity index (χ3v) is 3.94. The fourth-order valence-corrected chi connectivity index (χ4v) is 2.52. The van der Waals surface area contributed by atoms with E-state index in [1.165, 1.54) is 0 Å². The van der Waals surface area contributed by atoms with Crippen LogP contribution in [0.1, 0.15) is 5.56 Å². The summed E-state index contributed by atoms with van der Waals surface area (Å²) in [5, 5.41) is 9.07. The molecule has 0 saturated carbocycles. The summed E-state index contributed by atoms with van der Waals surface area (Å²) in [7, 11) is -3.62. The Kier molecular flexibility index (Phi) is 4.43. The molecule has 0 radical (unpaired) electrons. The molecule has 0 unspecified atom stereocenters. The van der Waals surface area contributed by atoms with E-state index in [2.05, 4.69) is 4.72 Å². The fraction of sp³-hybridized carbons (Fsp3) is 0.333. The molecule has 0 fully saturated rings. The summed E-state index contributed by atoms with van der Waals surface area (Å²) in [4.78, 5) is 0. The third-order valence-electron chi connectivity index (χ3n) is 1.90. The lowest BCUT2D eigenvalue weighted by atomic mass is 10.2. The van der Waals surface area contributed by atoms with Gasteiger partial charge in [-0.2, -0.15) is 0 Å². The predicted octanol–water partition coefficient (Wildman–Crippen LogP) is 2.04. The van der Waals surface area contributed by atoms with Crippen LogP contribution in [-0.2, 0) is 10.0 Å². The van der Waals surface area contributed by atoms with Gasteiger partial charge in [0.2, 0.25) is 10.0 Å². The molecule has 0 aromatic heterocycles. The van der Waals surface area contributed by atoms with Crippen LogP contribution in [0.2, 0.25) is 10.0 Å². The second-order valence-electron chi connectivity index (χ2n) is 3.20. The SMILES string of the molecule is Cc1ccc(Cl)c(NS(=O)(=O)CCO)c1Cl. The van der Waals surface area contributed by atoms with Crippen LogP contribution >= 0.6 is 23.2 Å². The van der Waals surface area contributed by atoms with Gasteiger partial charge in [-0.15, -0.1) is 0 Å². The van der Waals surface area contributed by atoms with E-state index in [0.29, 0.717) is 5.56 Å². The number of aliphatic hydroxyl groups is 1. The molecule has 2 N–H and O–H groups in total. The van der Waals surface area contributed by atoms with E-state index in [1.54, 1.807) is 19.1 Å². The highest BCUT2D eigenvalue weighted by molar-refractivity contribution is 7.92. The smallest absolute Gasteiger partial charge is 0.235 e. The maximum absolute atomic E-state index is 11.4. The van der Waals surface area contributed by atoms with Crippen molar-refractivity contribution in [3.8, 4) is 0 Å². The molecular weight excluding hydrogens is 273 g/mol. The van der Waals surface area contributed by atoms with Crippen molar-refractivity contribution in [1.29, 1.82) is 0 Å². The Hall–Kier alpha value is -0.490. The standard InChI is InChI=1S/C9H11Cl2NO3S/c1-6-2-3-7(10)9(8(6)11)12-16(14,15)5-4-13/h2-3,12-13H,4-5H2,1H3. The van der Waals surface area contributed by atoms with E-state index in [9.17, 15) is 8.42 Å². The number of rotatable bonds is 4. The first-order chi connectivity index (χ1) is 7.37. The second-order valence-corrected chi connectivity index (χ2v) is 5.82. The van der Waals surface area contributed by atoms with Crippen LogP contribution in [0.3, 0.4) is 0 Å². The first-order valence-corrected chi connectivity index (χ1v) is 6.84. The van der Waals surface area contributed by atoms with E-state index in [0.717, 1.165) is 0 Å². The first kappa shape index (κ1) is 13.6. The molecule has 0 spiro atoms. The molecule has 7 heteroatoms. The molecular formula is C9H11Cl2NO3S. The van der Waals surface area contributed by atoms with Gasteiger partial charge < -0.3 is 5.11 Å². The molecule has 0 amide bonds. The lowest BCUT2D eigenvalue weighted by Crippen LogP contribution is -2.19. The zero-order valence-corrected chi connectivity index (χ0v) is 10.8. The minimum absolute atomic E-state index is 0.150. The van der Waals surface area contributed by atoms with Crippen molar-refractivity contribution in [3.63, 3.8) is 0 Å². The summed E-state index contributed by atoms with van der Waals surface area (Å²) in [6.45, 7) is 1.28. The van der Waals surface area contributed by atoms with Crippen molar-refractivity contribution in [3.05, 3.63) is 27.7 Å². The topological polar surface area (TPSA) is 66.4 Å². The van der Waals surface area contributed by atoms with Gasteiger partial charge in [-0.25, -0.2) is 8.42 Å². The van der Waals surface area contributed by atoms with Gasteiger partial charge in [-0.05, 0) is 18.6 Å². The average Bonchev–Trinajstić information content (AvgIpc) is 2.19. The minimum atomic E-state index is -3.62. The van der Waals surface area contributed by atoms with Crippen LogP contribution in [0, 0.1) is 6.92 Å². The van der Waals surface area contributed by atoms with E-state index in [1.807, 2.05) is 0 Å². The molecule has 0 atom stereocenters. The maximum Gasteiger partial charge on any atom is 0.235 e. The summed E-state index contributed by atoms with van der Waals surface area (Å²) in [5.41, 5.74) is 0.865. The number of benzene rings is 1. The summed E-state index contributed by atoms with van der Waals surface area (Å²) in [5.74, 6) is -0.395. The molecule has 1 rings (SSSR count). The molecule has 0 aliphatic heterocycles. The maximum atomic E-state index is 11.4. The van der Waals surface area contributed by atoms with Gasteiger partial charge in [-0.1, -0.05) is 29.3 Å². The Labute approximate surface area is 104 Å². The van der Waals surface area contributed by atoms with Crippen molar-refractivity contribution >= 4 is 38.9 Å². The average molecular weight is 284 g/mol. The molecule has 1 aromatic rings. The van der Waals surface area contributed by atoms with E-state index in [-0.39, 0.29) is 15.7 Å². The summed E-state index contributed by atoms with van der Waals surface area (Å²) in [6, 6.07) is 3.24. The molecule has 16 heavy (non-hydrogen) atoms. The molecule has 90 valence electrons. The van der Waals surface area contributed by atoms with E-state index < -0.39 is 22.4 Å². The van der Waals surface area contributed by atoms with E-state index in [4.69, 9.17) is 28.3 Å². The van der Waals surface area contributed by atoms with Crippen molar-refractivity contribution in [2.45, 2.75) is 6.92 Å². The van der Waals surface area contributed by atoms with E-state index >= 15 is 0 Å². The summed E-state index contributed by atoms with van der Waals surface area (Å²) in [6.07, 6.45) is 0. The summed E-state index contributed by atoms with van der Waals surface area (Å²) < 4.78 is 25.1. The number of aryl methyl sites for hydroxylation is 1. The Morgan fingerprint density at radius 1 is 1.38 bits per heavy atom. The van der Waals surface area contributed by atoms with Gasteiger partial charge in [0.25, 0.3) is 0 Å². The van der Waals surface area contributed by atoms with Gasteiger partial charge in [0, 0.05) is 0 Å². The van der Waals surface area contributed by atoms with Crippen LogP contribution in [-0.4, -0.2) is 25.9 Å². The third kappa shape index (κ3) is 3.25. The molecule has 0 bridgehead atoms. The number of nitrogens with one attached hydrogen (secondary N) is 1.